The Labute approximate surface area is 56.9 Å². The van der Waals surface area contributed by atoms with Crippen molar-refractivity contribution in [3.63, 3.8) is 0 Å². The minimum absolute atomic E-state index is 0.271. The first kappa shape index (κ1) is 4.50. The molecule has 3 heterocycles. The fraction of sp³-hybridized carbons (Fsp3) is 0.500. The molecule has 1 fully saturated rings. The molecule has 0 radical (unpaired) electrons. The summed E-state index contributed by atoms with van der Waals surface area (Å²) >= 11 is 0. The Hall–Kier alpha value is -0.303. The molecule has 0 nitrogen and oxygen atoms in total. The molecule has 0 aromatic heterocycles. The van der Waals surface area contributed by atoms with Gasteiger partial charge < -0.3 is 0 Å². The van der Waals surface area contributed by atoms with Crippen LogP contribution < -0.4 is 0 Å². The monoisotopic (exact) mass is 134 g/mol. The maximum Gasteiger partial charge on any atom is 0.111 e. The Balaban J connectivity index is 2.31. The fourth-order valence-electron chi connectivity index (χ4n) is 2.58. The van der Waals surface area contributed by atoms with Gasteiger partial charge in [-0.1, -0.05) is 28.5 Å². The van der Waals surface area contributed by atoms with Gasteiger partial charge >= 0.3 is 0 Å². The van der Waals surface area contributed by atoms with Crippen molar-refractivity contribution >= 4 is 8.80 Å². The van der Waals surface area contributed by atoms with Gasteiger partial charge in [0.05, 0.1) is 0 Å². The van der Waals surface area contributed by atoms with Crippen LogP contribution in [0.1, 0.15) is 20.8 Å². The van der Waals surface area contributed by atoms with E-state index in [1.54, 1.807) is 11.1 Å². The Morgan fingerprint density at radius 3 is 2.00 bits per heavy atom. The van der Waals surface area contributed by atoms with E-state index in [1.165, 1.54) is 0 Å². The molecule has 9 heavy (non-hydrogen) atoms. The summed E-state index contributed by atoms with van der Waals surface area (Å²) in [4.78, 5) is 0. The smallest absolute Gasteiger partial charge is 0.0705 e. The Morgan fingerprint density at radius 2 is 1.89 bits per heavy atom. The third-order valence-electron chi connectivity index (χ3n) is 3.58. The van der Waals surface area contributed by atoms with Crippen LogP contribution in [0.3, 0.4) is 0 Å². The summed E-state index contributed by atoms with van der Waals surface area (Å²) in [5, 5.41) is 4.52. The third-order valence-corrected chi connectivity index (χ3v) is 7.62. The van der Waals surface area contributed by atoms with Gasteiger partial charge in [-0.3, -0.25) is 0 Å². The second-order valence-corrected chi connectivity index (χ2v) is 6.89. The summed E-state index contributed by atoms with van der Waals surface area (Å²) < 4.78 is 0. The van der Waals surface area contributed by atoms with Gasteiger partial charge in [-0.15, -0.1) is 0 Å². The highest BCUT2D eigenvalue weighted by atomic mass is 28.3. The van der Waals surface area contributed by atoms with Crippen molar-refractivity contribution in [2.75, 3.05) is 0 Å². The normalized spacial score (nSPS) is 50.3. The second kappa shape index (κ2) is 0.806. The number of hydrogen-bond acceptors (Lipinski definition) is 0. The first-order chi connectivity index (χ1) is 4.19. The molecule has 0 saturated carbocycles. The number of rotatable bonds is 0. The summed E-state index contributed by atoms with van der Waals surface area (Å²) in [5.41, 5.74) is 3.38. The van der Waals surface area contributed by atoms with Gasteiger partial charge in [-0.05, 0) is 13.8 Å². The topological polar surface area (TPSA) is 0 Å². The van der Waals surface area contributed by atoms with Gasteiger partial charge in [0.1, 0.15) is 8.80 Å². The van der Waals surface area contributed by atoms with Crippen molar-refractivity contribution in [2.45, 2.75) is 25.8 Å². The molecule has 0 amide bonds. The fourth-order valence-corrected chi connectivity index (χ4v) is 6.93. The van der Waals surface area contributed by atoms with E-state index >= 15 is 0 Å². The van der Waals surface area contributed by atoms with Crippen LogP contribution in [0.25, 0.3) is 0 Å². The summed E-state index contributed by atoms with van der Waals surface area (Å²) in [6.07, 6.45) is 0. The standard InChI is InChI=1S/C8H10Si/c1-4-5(2)8(3)7-6(4)9(7)8/h9H,1-3H3. The summed E-state index contributed by atoms with van der Waals surface area (Å²) in [7, 11) is -0.271. The summed E-state index contributed by atoms with van der Waals surface area (Å²) in [6.45, 7) is 7.06. The summed E-state index contributed by atoms with van der Waals surface area (Å²) in [5.74, 6) is 0. The van der Waals surface area contributed by atoms with E-state index in [9.17, 15) is 0 Å². The molecule has 2 atom stereocenters. The van der Waals surface area contributed by atoms with Crippen molar-refractivity contribution in [3.8, 4) is 0 Å². The lowest BCUT2D eigenvalue weighted by atomic mass is 10.1. The quantitative estimate of drug-likeness (QED) is 0.443. The zero-order valence-electron chi connectivity index (χ0n) is 6.08. The predicted octanol–water partition coefficient (Wildman–Crippen LogP) is 1.73. The Morgan fingerprint density at radius 1 is 1.33 bits per heavy atom. The summed E-state index contributed by atoms with van der Waals surface area (Å²) in [6, 6.07) is 0. The van der Waals surface area contributed by atoms with Crippen molar-refractivity contribution in [2.24, 2.45) is 0 Å². The maximum atomic E-state index is 2.44. The van der Waals surface area contributed by atoms with Crippen LogP contribution in [0.15, 0.2) is 21.5 Å². The van der Waals surface area contributed by atoms with Gasteiger partial charge in [-0.25, -0.2) is 0 Å². The average molecular weight is 134 g/mol. The Bertz CT molecular complexity index is 296. The highest BCUT2D eigenvalue weighted by Gasteiger charge is 2.77. The maximum absolute atomic E-state index is 2.44. The van der Waals surface area contributed by atoms with E-state index < -0.39 is 0 Å². The third kappa shape index (κ3) is 0.220. The second-order valence-electron chi connectivity index (χ2n) is 3.71. The zero-order valence-corrected chi connectivity index (χ0v) is 7.23. The van der Waals surface area contributed by atoms with Gasteiger partial charge in [0.2, 0.25) is 0 Å². The van der Waals surface area contributed by atoms with Crippen LogP contribution in [0.2, 0.25) is 5.04 Å². The predicted molar refractivity (Wildman–Crippen MR) is 40.9 cm³/mol. The lowest BCUT2D eigenvalue weighted by Gasteiger charge is -2.05. The molecule has 1 aliphatic carbocycles. The highest BCUT2D eigenvalue weighted by Crippen LogP contribution is 2.83. The molecular weight excluding hydrogens is 124 g/mol. The lowest BCUT2D eigenvalue weighted by molar-refractivity contribution is 0.954. The molecule has 0 spiro atoms. The molecule has 0 N–H and O–H groups in total. The van der Waals surface area contributed by atoms with Crippen molar-refractivity contribution in [3.05, 3.63) is 21.5 Å². The van der Waals surface area contributed by atoms with E-state index in [0.29, 0.717) is 0 Å². The van der Waals surface area contributed by atoms with E-state index in [0.717, 1.165) is 5.04 Å². The minimum atomic E-state index is -0.271. The molecule has 2 bridgehead atoms. The molecule has 0 aromatic carbocycles. The van der Waals surface area contributed by atoms with Gasteiger partial charge in [0.15, 0.2) is 0 Å². The number of allylic oxidation sites excluding steroid dienone is 4. The van der Waals surface area contributed by atoms with Gasteiger partial charge in [-0.2, -0.15) is 0 Å². The van der Waals surface area contributed by atoms with Gasteiger partial charge in [0.25, 0.3) is 0 Å². The van der Waals surface area contributed by atoms with Crippen LogP contribution in [0, 0.1) is 0 Å². The first-order valence-electron chi connectivity index (χ1n) is 3.62. The molecule has 4 rings (SSSR count). The van der Waals surface area contributed by atoms with E-state index in [-0.39, 0.29) is 8.80 Å². The molecular formula is C8H10Si. The number of hydrogen-bond donors (Lipinski definition) is 0. The van der Waals surface area contributed by atoms with Crippen LogP contribution in [-0.4, -0.2) is 8.80 Å². The van der Waals surface area contributed by atoms with Crippen LogP contribution in [0.4, 0.5) is 0 Å². The molecule has 46 valence electrons. The largest absolute Gasteiger partial charge is 0.111 e. The van der Waals surface area contributed by atoms with Crippen molar-refractivity contribution < 1.29 is 0 Å². The Kier molecular flexibility index (Phi) is 0.403. The van der Waals surface area contributed by atoms with Crippen molar-refractivity contribution in [1.82, 2.24) is 0 Å². The van der Waals surface area contributed by atoms with Crippen LogP contribution in [0.5, 0.6) is 0 Å². The molecule has 3 aliphatic heterocycles. The van der Waals surface area contributed by atoms with E-state index in [2.05, 4.69) is 20.8 Å². The van der Waals surface area contributed by atoms with E-state index in [1.807, 2.05) is 10.4 Å². The molecule has 0 aromatic rings. The average Bonchev–Trinajstić information content (AvgIpc) is 2.62. The SMILES string of the molecule is CC1=C(C)C2(C)C3=C1[SiH]32. The molecule has 4 aliphatic rings. The highest BCUT2D eigenvalue weighted by molar-refractivity contribution is 7.05. The molecule has 2 unspecified atom stereocenters. The van der Waals surface area contributed by atoms with Crippen LogP contribution in [-0.2, 0) is 0 Å². The van der Waals surface area contributed by atoms with Gasteiger partial charge in [0, 0.05) is 5.04 Å². The van der Waals surface area contributed by atoms with E-state index in [4.69, 9.17) is 0 Å². The molecule has 1 heteroatoms. The minimum Gasteiger partial charge on any atom is -0.0705 e. The zero-order chi connectivity index (χ0) is 6.39. The van der Waals surface area contributed by atoms with Crippen molar-refractivity contribution in [1.29, 1.82) is 0 Å². The first-order valence-corrected chi connectivity index (χ1v) is 5.35. The van der Waals surface area contributed by atoms with Crippen LogP contribution >= 0.6 is 0 Å². The molecule has 1 saturated heterocycles. The lowest BCUT2D eigenvalue weighted by Crippen LogP contribution is -1.93.